The Morgan fingerprint density at radius 3 is 2.73 bits per heavy atom. The van der Waals surface area contributed by atoms with Crippen molar-refractivity contribution in [3.05, 3.63) is 51.6 Å². The van der Waals surface area contributed by atoms with E-state index in [2.05, 4.69) is 15.1 Å². The lowest BCUT2D eigenvalue weighted by Gasteiger charge is -2.34. The predicted molar refractivity (Wildman–Crippen MR) is 122 cm³/mol. The highest BCUT2D eigenvalue weighted by atomic mass is 32.3. The average Bonchev–Trinajstić information content (AvgIpc) is 3.22. The minimum atomic E-state index is -3.50. The van der Waals surface area contributed by atoms with Crippen molar-refractivity contribution in [2.75, 3.05) is 10.7 Å². The molecular formula is C20H22N4O4S2. The summed E-state index contributed by atoms with van der Waals surface area (Å²) >= 11 is 1.31. The molecule has 0 unspecified atom stereocenters. The van der Waals surface area contributed by atoms with E-state index in [4.69, 9.17) is 0 Å². The van der Waals surface area contributed by atoms with Crippen LogP contribution in [0.3, 0.4) is 0 Å². The summed E-state index contributed by atoms with van der Waals surface area (Å²) < 4.78 is 27.1. The first kappa shape index (κ1) is 19.4. The Balaban J connectivity index is 1.67. The molecule has 1 fully saturated rings. The van der Waals surface area contributed by atoms with Crippen LogP contribution in [0.15, 0.2) is 49.8 Å². The topological polar surface area (TPSA) is 119 Å². The normalized spacial score (nSPS) is 19.6. The molecule has 0 radical (unpaired) electrons. The fraction of sp³-hybridized carbons (Fsp3) is 0.300. The highest BCUT2D eigenvalue weighted by Gasteiger charge is 2.31. The summed E-state index contributed by atoms with van der Waals surface area (Å²) in [4.78, 5) is 13.7. The average molecular weight is 447 g/mol. The van der Waals surface area contributed by atoms with E-state index in [9.17, 15) is 19.0 Å². The molecular weight excluding hydrogens is 424 g/mol. The third-order valence-corrected chi connectivity index (χ3v) is 7.86. The van der Waals surface area contributed by atoms with Gasteiger partial charge in [0.25, 0.3) is 5.56 Å². The van der Waals surface area contributed by atoms with Crippen LogP contribution in [0.1, 0.15) is 37.7 Å². The highest BCUT2D eigenvalue weighted by molar-refractivity contribution is 8.23. The van der Waals surface area contributed by atoms with Gasteiger partial charge in [-0.05, 0) is 36.4 Å². The summed E-state index contributed by atoms with van der Waals surface area (Å²) in [6, 6.07) is 8.64. The van der Waals surface area contributed by atoms with E-state index in [1.807, 2.05) is 5.38 Å². The fourth-order valence-electron chi connectivity index (χ4n) is 4.09. The van der Waals surface area contributed by atoms with Crippen LogP contribution >= 0.6 is 22.1 Å². The minimum Gasteiger partial charge on any atom is -0.505 e. The minimum absolute atomic E-state index is 0.0503. The molecule has 8 nitrogen and oxygen atoms in total. The Morgan fingerprint density at radius 2 is 1.93 bits per heavy atom. The Bertz CT molecular complexity index is 1210. The molecule has 0 amide bonds. The van der Waals surface area contributed by atoms with Gasteiger partial charge in [0.05, 0.1) is 15.9 Å². The number of benzene rings is 1. The number of nitrogens with zero attached hydrogens (tertiary/aromatic N) is 2. The van der Waals surface area contributed by atoms with Gasteiger partial charge in [0, 0.05) is 6.04 Å². The van der Waals surface area contributed by atoms with Gasteiger partial charge in [0.2, 0.25) is 0 Å². The molecule has 1 saturated carbocycles. The van der Waals surface area contributed by atoms with Crippen molar-refractivity contribution in [2.45, 2.75) is 43.0 Å². The lowest BCUT2D eigenvalue weighted by Crippen LogP contribution is -2.40. The molecule has 3 heterocycles. The van der Waals surface area contributed by atoms with Gasteiger partial charge in [-0.15, -0.1) is 15.7 Å². The maximum atomic E-state index is 13.5. The van der Waals surface area contributed by atoms with Crippen molar-refractivity contribution in [3.63, 3.8) is 0 Å². The van der Waals surface area contributed by atoms with Crippen LogP contribution in [0.25, 0.3) is 10.2 Å². The number of amidine groups is 1. The first-order valence-corrected chi connectivity index (χ1v) is 12.2. The van der Waals surface area contributed by atoms with E-state index >= 15 is 0 Å². The number of anilines is 1. The van der Waals surface area contributed by atoms with Gasteiger partial charge in [0.1, 0.15) is 10.5 Å². The summed E-state index contributed by atoms with van der Waals surface area (Å²) in [5.74, 6) is -0.266. The van der Waals surface area contributed by atoms with Crippen LogP contribution in [0, 0.1) is 0 Å². The van der Waals surface area contributed by atoms with Gasteiger partial charge >= 0.3 is 0 Å². The fourth-order valence-corrected chi connectivity index (χ4v) is 6.08. The van der Waals surface area contributed by atoms with Gasteiger partial charge in [-0.1, -0.05) is 42.2 Å². The zero-order valence-electron chi connectivity index (χ0n) is 16.0. The van der Waals surface area contributed by atoms with Crippen LogP contribution < -0.4 is 16.3 Å². The Hall–Kier alpha value is -2.53. The van der Waals surface area contributed by atoms with E-state index in [0.29, 0.717) is 15.9 Å². The lowest BCUT2D eigenvalue weighted by molar-refractivity contribution is 0.437. The number of pyridine rings is 1. The second kappa shape index (κ2) is 7.31. The lowest BCUT2D eigenvalue weighted by atomic mass is 9.96. The third-order valence-electron chi connectivity index (χ3n) is 5.56. The number of aromatic nitrogens is 1. The standard InChI is InChI=1S/C20H22N4O4S2/c25-17-16(19-21-13-8-4-5-9-15(13)30(27,28)23-19)20(26)24(14-10-11-29-18(14)17)22-12-6-2-1-3-7-12/h4-5,8-12,22,25,27-28H,1-3,6-7H2,(H,21,23). The van der Waals surface area contributed by atoms with E-state index < -0.39 is 16.3 Å². The monoisotopic (exact) mass is 446 g/mol. The molecule has 0 saturated heterocycles. The predicted octanol–water partition coefficient (Wildman–Crippen LogP) is 4.54. The Morgan fingerprint density at radius 1 is 1.17 bits per heavy atom. The SMILES string of the molecule is O=c1c(C2=NS(O)(O)c3ccccc3N2)c(O)c2sccc2n1NC1CCCCC1. The molecule has 5 N–H and O–H groups in total. The quantitative estimate of drug-likeness (QED) is 0.403. The van der Waals surface area contributed by atoms with Crippen molar-refractivity contribution >= 4 is 43.9 Å². The molecule has 1 aromatic carbocycles. The number of aromatic hydroxyl groups is 1. The van der Waals surface area contributed by atoms with Crippen molar-refractivity contribution in [3.8, 4) is 5.75 Å². The second-order valence-electron chi connectivity index (χ2n) is 7.54. The third kappa shape index (κ3) is 3.16. The van der Waals surface area contributed by atoms with Crippen molar-refractivity contribution in [2.24, 2.45) is 4.40 Å². The number of para-hydroxylation sites is 1. The number of hydrogen-bond acceptors (Lipinski definition) is 8. The van der Waals surface area contributed by atoms with Crippen LogP contribution in [-0.4, -0.2) is 30.8 Å². The number of hydrogen-bond donors (Lipinski definition) is 5. The van der Waals surface area contributed by atoms with Gasteiger partial charge in [0.15, 0.2) is 11.6 Å². The van der Waals surface area contributed by atoms with Crippen LogP contribution in [-0.2, 0) is 0 Å². The molecule has 0 atom stereocenters. The summed E-state index contributed by atoms with van der Waals surface area (Å²) in [6.45, 7) is 0. The first-order valence-electron chi connectivity index (χ1n) is 9.82. The van der Waals surface area contributed by atoms with Crippen molar-refractivity contribution in [1.29, 1.82) is 0 Å². The molecule has 2 aliphatic rings. The second-order valence-corrected chi connectivity index (χ2v) is 10.1. The van der Waals surface area contributed by atoms with E-state index in [0.717, 1.165) is 25.7 Å². The smallest absolute Gasteiger partial charge is 0.284 e. The van der Waals surface area contributed by atoms with Gasteiger partial charge in [-0.2, -0.15) is 0 Å². The molecule has 3 aromatic rings. The summed E-state index contributed by atoms with van der Waals surface area (Å²) in [5.41, 5.74) is 3.80. The zero-order valence-corrected chi connectivity index (χ0v) is 17.7. The zero-order chi connectivity index (χ0) is 20.9. The molecule has 10 heteroatoms. The molecule has 5 rings (SSSR count). The van der Waals surface area contributed by atoms with Crippen molar-refractivity contribution in [1.82, 2.24) is 4.68 Å². The summed E-state index contributed by atoms with van der Waals surface area (Å²) in [6.07, 6.45) is 5.36. The maximum Gasteiger partial charge on any atom is 0.284 e. The number of rotatable bonds is 3. The van der Waals surface area contributed by atoms with E-state index in [1.165, 1.54) is 22.4 Å². The molecule has 2 aromatic heterocycles. The van der Waals surface area contributed by atoms with Crippen molar-refractivity contribution < 1.29 is 14.2 Å². The molecule has 0 spiro atoms. The number of fused-ring (bicyclic) bond motifs is 2. The van der Waals surface area contributed by atoms with Gasteiger partial charge in [-0.3, -0.25) is 13.9 Å². The highest BCUT2D eigenvalue weighted by Crippen LogP contribution is 2.55. The van der Waals surface area contributed by atoms with Gasteiger partial charge in [-0.25, -0.2) is 4.68 Å². The van der Waals surface area contributed by atoms with Crippen LogP contribution in [0.2, 0.25) is 0 Å². The largest absolute Gasteiger partial charge is 0.505 e. The number of thiophene rings is 1. The molecule has 1 aliphatic heterocycles. The first-order chi connectivity index (χ1) is 14.5. The van der Waals surface area contributed by atoms with Crippen LogP contribution in [0.5, 0.6) is 5.75 Å². The van der Waals surface area contributed by atoms with E-state index in [-0.39, 0.29) is 28.1 Å². The maximum absolute atomic E-state index is 13.5. The van der Waals surface area contributed by atoms with E-state index in [1.54, 1.807) is 30.3 Å². The van der Waals surface area contributed by atoms with Gasteiger partial charge < -0.3 is 15.8 Å². The number of nitrogens with one attached hydrogen (secondary N) is 2. The Labute approximate surface area is 178 Å². The summed E-state index contributed by atoms with van der Waals surface area (Å²) in [5, 5.41) is 15.7. The van der Waals surface area contributed by atoms with Crippen LogP contribution in [0.4, 0.5) is 5.69 Å². The summed E-state index contributed by atoms with van der Waals surface area (Å²) in [7, 11) is -3.50. The Kier molecular flexibility index (Phi) is 4.73. The molecule has 1 aliphatic carbocycles. The molecule has 158 valence electrons. The molecule has 30 heavy (non-hydrogen) atoms. The molecule has 0 bridgehead atoms.